The summed E-state index contributed by atoms with van der Waals surface area (Å²) in [6, 6.07) is 4.45. The van der Waals surface area contributed by atoms with Crippen molar-refractivity contribution in [1.82, 2.24) is 0 Å². The Hall–Kier alpha value is -1.93. The molecule has 0 bridgehead atoms. The molecule has 126 valence electrons. The van der Waals surface area contributed by atoms with Crippen molar-refractivity contribution >= 4 is 38.6 Å². The van der Waals surface area contributed by atoms with Gasteiger partial charge >= 0.3 is 0 Å². The van der Waals surface area contributed by atoms with E-state index < -0.39 is 15.8 Å². The topological polar surface area (TPSA) is 75.3 Å². The molecule has 0 saturated heterocycles. The lowest BCUT2D eigenvalue weighted by Crippen LogP contribution is -2.20. The molecule has 24 heavy (non-hydrogen) atoms. The minimum absolute atomic E-state index is 0.147. The average Bonchev–Trinajstić information content (AvgIpc) is 3.24. The molecule has 1 aliphatic heterocycles. The summed E-state index contributed by atoms with van der Waals surface area (Å²) >= 11 is 1.14. The molecule has 1 amide bonds. The van der Waals surface area contributed by atoms with Gasteiger partial charge in [0.1, 0.15) is 10.0 Å². The fourth-order valence-electron chi connectivity index (χ4n) is 2.89. The Morgan fingerprint density at radius 3 is 2.79 bits per heavy atom. The van der Waals surface area contributed by atoms with Gasteiger partial charge in [-0.1, -0.05) is 0 Å². The standard InChI is InChI=1S/C16H15FN2O3S2/c17-12-7-10-3-4-15(20)18-13(10)8-14(12)19-24(21,22)16-11(5-6-23-16)9-1-2-9/h5-9,19H,1-4H2,(H,18,20). The summed E-state index contributed by atoms with van der Waals surface area (Å²) < 4.78 is 42.1. The average molecular weight is 366 g/mol. The van der Waals surface area contributed by atoms with E-state index in [4.69, 9.17) is 0 Å². The zero-order chi connectivity index (χ0) is 16.9. The number of hydrogen-bond acceptors (Lipinski definition) is 4. The van der Waals surface area contributed by atoms with Crippen LogP contribution in [0.2, 0.25) is 0 Å². The molecule has 0 atom stereocenters. The van der Waals surface area contributed by atoms with E-state index in [2.05, 4.69) is 10.0 Å². The normalized spacial score (nSPS) is 17.3. The van der Waals surface area contributed by atoms with Crippen LogP contribution in [0.15, 0.2) is 27.8 Å². The lowest BCUT2D eigenvalue weighted by Gasteiger charge is -2.18. The molecule has 1 fully saturated rings. The molecule has 0 spiro atoms. The minimum Gasteiger partial charge on any atom is -0.326 e. The maximum Gasteiger partial charge on any atom is 0.271 e. The Bertz CT molecular complexity index is 933. The molecule has 2 aromatic rings. The van der Waals surface area contributed by atoms with Gasteiger partial charge in [0, 0.05) is 12.1 Å². The second kappa shape index (κ2) is 5.56. The number of rotatable bonds is 4. The number of fused-ring (bicyclic) bond motifs is 1. The van der Waals surface area contributed by atoms with Crippen molar-refractivity contribution < 1.29 is 17.6 Å². The molecule has 1 saturated carbocycles. The molecule has 8 heteroatoms. The first-order valence-corrected chi connectivity index (χ1v) is 10.0. The summed E-state index contributed by atoms with van der Waals surface area (Å²) in [4.78, 5) is 11.5. The summed E-state index contributed by atoms with van der Waals surface area (Å²) in [5.41, 5.74) is 1.79. The molecule has 1 aromatic heterocycles. The summed E-state index contributed by atoms with van der Waals surface area (Å²) in [5, 5.41) is 4.39. The molecule has 2 N–H and O–H groups in total. The number of carbonyl (C=O) groups excluding carboxylic acids is 1. The van der Waals surface area contributed by atoms with Gasteiger partial charge in [0.25, 0.3) is 10.0 Å². The largest absolute Gasteiger partial charge is 0.326 e. The molecular formula is C16H15FN2O3S2. The number of thiophene rings is 1. The number of benzene rings is 1. The number of nitrogens with one attached hydrogen (secondary N) is 2. The van der Waals surface area contributed by atoms with Gasteiger partial charge in [0.05, 0.1) is 5.69 Å². The quantitative estimate of drug-likeness (QED) is 0.870. The van der Waals surface area contributed by atoms with Crippen molar-refractivity contribution in [2.45, 2.75) is 35.8 Å². The van der Waals surface area contributed by atoms with E-state index in [0.29, 0.717) is 24.1 Å². The maximum absolute atomic E-state index is 14.3. The van der Waals surface area contributed by atoms with Crippen molar-refractivity contribution in [2.24, 2.45) is 0 Å². The monoisotopic (exact) mass is 366 g/mol. The van der Waals surface area contributed by atoms with Crippen LogP contribution in [0, 0.1) is 5.82 Å². The van der Waals surface area contributed by atoms with E-state index in [1.807, 2.05) is 6.07 Å². The highest BCUT2D eigenvalue weighted by atomic mass is 32.2. The van der Waals surface area contributed by atoms with Crippen LogP contribution in [-0.4, -0.2) is 14.3 Å². The third kappa shape index (κ3) is 2.80. The van der Waals surface area contributed by atoms with Crippen LogP contribution in [0.5, 0.6) is 0 Å². The first kappa shape index (κ1) is 15.6. The van der Waals surface area contributed by atoms with Gasteiger partial charge < -0.3 is 5.32 Å². The van der Waals surface area contributed by atoms with E-state index >= 15 is 0 Å². The number of sulfonamides is 1. The minimum atomic E-state index is -3.85. The van der Waals surface area contributed by atoms with Crippen LogP contribution in [0.3, 0.4) is 0 Å². The molecule has 0 radical (unpaired) electrons. The Balaban J connectivity index is 1.68. The highest BCUT2D eigenvalue weighted by Gasteiger charge is 2.32. The van der Waals surface area contributed by atoms with E-state index in [1.165, 1.54) is 12.1 Å². The van der Waals surface area contributed by atoms with Crippen molar-refractivity contribution in [1.29, 1.82) is 0 Å². The first-order chi connectivity index (χ1) is 11.4. The molecule has 1 aromatic carbocycles. The highest BCUT2D eigenvalue weighted by Crippen LogP contribution is 2.45. The Kier molecular flexibility index (Phi) is 3.61. The third-order valence-corrected chi connectivity index (χ3v) is 7.13. The lowest BCUT2D eigenvalue weighted by atomic mass is 10.0. The summed E-state index contributed by atoms with van der Waals surface area (Å²) in [5.74, 6) is -0.509. The van der Waals surface area contributed by atoms with Crippen molar-refractivity contribution in [2.75, 3.05) is 10.0 Å². The second-order valence-corrected chi connectivity index (χ2v) is 8.87. The first-order valence-electron chi connectivity index (χ1n) is 7.66. The molecule has 2 aliphatic rings. The van der Waals surface area contributed by atoms with E-state index in [9.17, 15) is 17.6 Å². The van der Waals surface area contributed by atoms with E-state index in [-0.39, 0.29) is 21.7 Å². The van der Waals surface area contributed by atoms with Gasteiger partial charge in [-0.05, 0) is 59.9 Å². The van der Waals surface area contributed by atoms with Gasteiger partial charge in [0.15, 0.2) is 0 Å². The number of halogens is 1. The number of anilines is 2. The van der Waals surface area contributed by atoms with Crippen LogP contribution in [-0.2, 0) is 21.2 Å². The predicted octanol–water partition coefficient (Wildman–Crippen LogP) is 3.45. The van der Waals surface area contributed by atoms with Crippen LogP contribution < -0.4 is 10.0 Å². The van der Waals surface area contributed by atoms with E-state index in [1.54, 1.807) is 5.38 Å². The molecule has 0 unspecified atom stereocenters. The zero-order valence-electron chi connectivity index (χ0n) is 12.6. The van der Waals surface area contributed by atoms with Crippen LogP contribution in [0.25, 0.3) is 0 Å². The third-order valence-electron chi connectivity index (χ3n) is 4.25. The lowest BCUT2D eigenvalue weighted by molar-refractivity contribution is -0.116. The van der Waals surface area contributed by atoms with Gasteiger partial charge in [-0.3, -0.25) is 9.52 Å². The molecule has 4 rings (SSSR count). The highest BCUT2D eigenvalue weighted by molar-refractivity contribution is 7.94. The van der Waals surface area contributed by atoms with Gasteiger partial charge in [-0.25, -0.2) is 12.8 Å². The van der Waals surface area contributed by atoms with Gasteiger partial charge in [-0.15, -0.1) is 11.3 Å². The zero-order valence-corrected chi connectivity index (χ0v) is 14.3. The fourth-order valence-corrected chi connectivity index (χ4v) is 5.48. The molecular weight excluding hydrogens is 351 g/mol. The molecule has 2 heterocycles. The molecule has 5 nitrogen and oxygen atoms in total. The van der Waals surface area contributed by atoms with Gasteiger partial charge in [0.2, 0.25) is 5.91 Å². The van der Waals surface area contributed by atoms with Crippen LogP contribution >= 0.6 is 11.3 Å². The van der Waals surface area contributed by atoms with Gasteiger partial charge in [-0.2, -0.15) is 0 Å². The summed E-state index contributed by atoms with van der Waals surface area (Å²) in [7, 11) is -3.85. The Morgan fingerprint density at radius 2 is 2.04 bits per heavy atom. The fraction of sp³-hybridized carbons (Fsp3) is 0.312. The van der Waals surface area contributed by atoms with Crippen molar-refractivity contribution in [3.05, 3.63) is 40.5 Å². The van der Waals surface area contributed by atoms with Crippen molar-refractivity contribution in [3.63, 3.8) is 0 Å². The maximum atomic E-state index is 14.3. The number of amides is 1. The van der Waals surface area contributed by atoms with Crippen LogP contribution in [0.1, 0.15) is 36.3 Å². The molecule has 1 aliphatic carbocycles. The van der Waals surface area contributed by atoms with Crippen molar-refractivity contribution in [3.8, 4) is 0 Å². The summed E-state index contributed by atoms with van der Waals surface area (Å²) in [6.45, 7) is 0. The number of aryl methyl sites for hydroxylation is 1. The van der Waals surface area contributed by atoms with E-state index in [0.717, 1.165) is 29.7 Å². The van der Waals surface area contributed by atoms with Crippen LogP contribution in [0.4, 0.5) is 15.8 Å². The smallest absolute Gasteiger partial charge is 0.271 e. The number of hydrogen-bond donors (Lipinski definition) is 2. The Morgan fingerprint density at radius 1 is 1.25 bits per heavy atom. The number of carbonyl (C=O) groups is 1. The Labute approximate surface area is 142 Å². The predicted molar refractivity (Wildman–Crippen MR) is 90.5 cm³/mol. The second-order valence-electron chi connectivity index (χ2n) is 6.08. The SMILES string of the molecule is O=C1CCc2cc(F)c(NS(=O)(=O)c3sccc3C3CC3)cc2N1. The summed E-state index contributed by atoms with van der Waals surface area (Å²) in [6.07, 6.45) is 2.72.